The van der Waals surface area contributed by atoms with E-state index in [0.717, 1.165) is 31.2 Å². The lowest BCUT2D eigenvalue weighted by Gasteiger charge is -2.33. The molecule has 1 aliphatic heterocycles. The summed E-state index contributed by atoms with van der Waals surface area (Å²) in [5.41, 5.74) is 1.81. The Hall–Kier alpha value is -0.980. The topological polar surface area (TPSA) is 36.9 Å². The summed E-state index contributed by atoms with van der Waals surface area (Å²) in [5.74, 6) is 2.03. The van der Waals surface area contributed by atoms with Gasteiger partial charge < -0.3 is 15.0 Å². The molecule has 140 valence electrons. The molecular formula is C20H32IN3O. The lowest BCUT2D eigenvalue weighted by molar-refractivity contribution is 0.203. The van der Waals surface area contributed by atoms with Gasteiger partial charge in [-0.1, -0.05) is 37.5 Å². The third-order valence-electron chi connectivity index (χ3n) is 5.73. The fourth-order valence-corrected chi connectivity index (χ4v) is 4.38. The standard InChI is InChI=1S/C20H31N3O.HI/c1-21-19(22-14-10-17-8-4-5-9-18(17)24-2)23-15-13-20(16-23)11-6-3-7-12-20;/h4-5,8-9H,3,6-7,10-16H2,1-2H3,(H,21,22);1H. The number of rotatable bonds is 4. The average molecular weight is 457 g/mol. The molecule has 0 bridgehead atoms. The largest absolute Gasteiger partial charge is 0.496 e. The molecule has 5 heteroatoms. The van der Waals surface area contributed by atoms with Crippen molar-refractivity contribution in [3.8, 4) is 5.75 Å². The van der Waals surface area contributed by atoms with Gasteiger partial charge in [0.05, 0.1) is 7.11 Å². The Labute approximate surface area is 169 Å². The maximum absolute atomic E-state index is 5.44. The molecule has 4 nitrogen and oxygen atoms in total. The number of methoxy groups -OCH3 is 1. The van der Waals surface area contributed by atoms with E-state index in [4.69, 9.17) is 4.74 Å². The van der Waals surface area contributed by atoms with Crippen molar-refractivity contribution in [2.45, 2.75) is 44.9 Å². The van der Waals surface area contributed by atoms with Crippen LogP contribution in [0.5, 0.6) is 5.75 Å². The molecule has 25 heavy (non-hydrogen) atoms. The molecule has 0 radical (unpaired) electrons. The lowest BCUT2D eigenvalue weighted by atomic mass is 9.73. The first-order valence-corrected chi connectivity index (χ1v) is 9.34. The van der Waals surface area contributed by atoms with Crippen LogP contribution >= 0.6 is 24.0 Å². The van der Waals surface area contributed by atoms with E-state index in [2.05, 4.69) is 27.3 Å². The zero-order valence-electron chi connectivity index (χ0n) is 15.6. The van der Waals surface area contributed by atoms with Crippen molar-refractivity contribution in [3.63, 3.8) is 0 Å². The molecule has 1 aliphatic carbocycles. The highest BCUT2D eigenvalue weighted by Gasteiger charge is 2.39. The second-order valence-corrected chi connectivity index (χ2v) is 7.27. The van der Waals surface area contributed by atoms with Gasteiger partial charge in [-0.05, 0) is 42.7 Å². The quantitative estimate of drug-likeness (QED) is 0.421. The second kappa shape index (κ2) is 9.64. The van der Waals surface area contributed by atoms with Crippen LogP contribution in [0.3, 0.4) is 0 Å². The van der Waals surface area contributed by atoms with Crippen molar-refractivity contribution < 1.29 is 4.74 Å². The summed E-state index contributed by atoms with van der Waals surface area (Å²) in [6.45, 7) is 3.21. The number of halogens is 1. The third kappa shape index (κ3) is 5.02. The average Bonchev–Trinajstić information content (AvgIpc) is 3.03. The summed E-state index contributed by atoms with van der Waals surface area (Å²) >= 11 is 0. The second-order valence-electron chi connectivity index (χ2n) is 7.27. The number of nitrogens with zero attached hydrogens (tertiary/aromatic N) is 2. The van der Waals surface area contributed by atoms with Gasteiger partial charge in [0.2, 0.25) is 0 Å². The van der Waals surface area contributed by atoms with Crippen molar-refractivity contribution >= 4 is 29.9 Å². The number of hydrogen-bond acceptors (Lipinski definition) is 2. The van der Waals surface area contributed by atoms with E-state index in [1.54, 1.807) is 7.11 Å². The number of guanidine groups is 1. The Balaban J connectivity index is 0.00000225. The van der Waals surface area contributed by atoms with Gasteiger partial charge in [-0.25, -0.2) is 0 Å². The number of benzene rings is 1. The molecular weight excluding hydrogens is 425 g/mol. The fraction of sp³-hybridized carbons (Fsp3) is 0.650. The van der Waals surface area contributed by atoms with E-state index in [1.807, 2.05) is 19.2 Å². The number of para-hydroxylation sites is 1. The predicted molar refractivity (Wildman–Crippen MR) is 115 cm³/mol. The van der Waals surface area contributed by atoms with Gasteiger partial charge >= 0.3 is 0 Å². The van der Waals surface area contributed by atoms with Gasteiger partial charge in [0.25, 0.3) is 0 Å². The molecule has 1 saturated carbocycles. The molecule has 2 fully saturated rings. The molecule has 0 unspecified atom stereocenters. The first-order valence-electron chi connectivity index (χ1n) is 9.34. The molecule has 1 spiro atoms. The SMILES string of the molecule is CN=C(NCCc1ccccc1OC)N1CCC2(CCCCC2)C1.I. The molecule has 1 aromatic rings. The number of nitrogens with one attached hydrogen (secondary N) is 1. The smallest absolute Gasteiger partial charge is 0.193 e. The highest BCUT2D eigenvalue weighted by atomic mass is 127. The summed E-state index contributed by atoms with van der Waals surface area (Å²) in [5, 5.41) is 3.55. The molecule has 2 aliphatic rings. The summed E-state index contributed by atoms with van der Waals surface area (Å²) in [6.07, 6.45) is 9.33. The van der Waals surface area contributed by atoms with Crippen molar-refractivity contribution in [1.29, 1.82) is 0 Å². The molecule has 0 aromatic heterocycles. The zero-order chi connectivity index (χ0) is 16.8. The van der Waals surface area contributed by atoms with Crippen LogP contribution in [0.2, 0.25) is 0 Å². The molecule has 1 aromatic carbocycles. The van der Waals surface area contributed by atoms with Gasteiger partial charge in [-0.2, -0.15) is 0 Å². The van der Waals surface area contributed by atoms with Crippen molar-refractivity contribution in [1.82, 2.24) is 10.2 Å². The maximum Gasteiger partial charge on any atom is 0.193 e. The first-order chi connectivity index (χ1) is 11.8. The van der Waals surface area contributed by atoms with Crippen LogP contribution in [-0.4, -0.2) is 44.7 Å². The molecule has 1 saturated heterocycles. The van der Waals surface area contributed by atoms with Crippen molar-refractivity contribution in [2.24, 2.45) is 10.4 Å². The number of likely N-dealkylation sites (tertiary alicyclic amines) is 1. The van der Waals surface area contributed by atoms with Crippen LogP contribution in [0.4, 0.5) is 0 Å². The Morgan fingerprint density at radius 3 is 2.68 bits per heavy atom. The van der Waals surface area contributed by atoms with Crippen LogP contribution in [0.15, 0.2) is 29.3 Å². The maximum atomic E-state index is 5.44. The monoisotopic (exact) mass is 457 g/mol. The molecule has 1 N–H and O–H groups in total. The van der Waals surface area contributed by atoms with Crippen LogP contribution in [0.25, 0.3) is 0 Å². The Kier molecular flexibility index (Phi) is 7.84. The fourth-order valence-electron chi connectivity index (χ4n) is 4.38. The normalized spacial score (nSPS) is 19.6. The summed E-state index contributed by atoms with van der Waals surface area (Å²) < 4.78 is 5.44. The van der Waals surface area contributed by atoms with Crippen LogP contribution in [-0.2, 0) is 6.42 Å². The molecule has 0 amide bonds. The minimum Gasteiger partial charge on any atom is -0.496 e. The van der Waals surface area contributed by atoms with Gasteiger partial charge in [0.15, 0.2) is 5.96 Å². The number of ether oxygens (including phenoxy) is 1. The highest BCUT2D eigenvalue weighted by Crippen LogP contribution is 2.43. The molecule has 3 rings (SSSR count). The highest BCUT2D eigenvalue weighted by molar-refractivity contribution is 14.0. The minimum absolute atomic E-state index is 0. The Morgan fingerprint density at radius 1 is 1.20 bits per heavy atom. The van der Waals surface area contributed by atoms with Crippen LogP contribution in [0.1, 0.15) is 44.1 Å². The summed E-state index contributed by atoms with van der Waals surface area (Å²) in [6, 6.07) is 8.25. The Bertz CT molecular complexity index is 570. The van der Waals surface area contributed by atoms with E-state index in [9.17, 15) is 0 Å². The van der Waals surface area contributed by atoms with Gasteiger partial charge in [0, 0.05) is 26.7 Å². The summed E-state index contributed by atoms with van der Waals surface area (Å²) in [4.78, 5) is 6.99. The molecule has 1 heterocycles. The van der Waals surface area contributed by atoms with Crippen LogP contribution in [0, 0.1) is 5.41 Å². The number of aliphatic imine (C=N–C) groups is 1. The summed E-state index contributed by atoms with van der Waals surface area (Å²) in [7, 11) is 3.64. The molecule has 0 atom stereocenters. The van der Waals surface area contributed by atoms with Crippen molar-refractivity contribution in [3.05, 3.63) is 29.8 Å². The zero-order valence-corrected chi connectivity index (χ0v) is 17.9. The predicted octanol–water partition coefficient (Wildman–Crippen LogP) is 4.09. The van der Waals surface area contributed by atoms with E-state index >= 15 is 0 Å². The Morgan fingerprint density at radius 2 is 1.96 bits per heavy atom. The number of hydrogen-bond donors (Lipinski definition) is 1. The minimum atomic E-state index is 0. The van der Waals surface area contributed by atoms with Crippen molar-refractivity contribution in [2.75, 3.05) is 33.8 Å². The van der Waals surface area contributed by atoms with Gasteiger partial charge in [0.1, 0.15) is 5.75 Å². The van der Waals surface area contributed by atoms with Crippen LogP contribution < -0.4 is 10.1 Å². The van der Waals surface area contributed by atoms with Gasteiger partial charge in [-0.15, -0.1) is 24.0 Å². The third-order valence-corrected chi connectivity index (χ3v) is 5.73. The van der Waals surface area contributed by atoms with E-state index in [1.165, 1.54) is 50.6 Å². The van der Waals surface area contributed by atoms with E-state index in [0.29, 0.717) is 5.41 Å². The van der Waals surface area contributed by atoms with E-state index in [-0.39, 0.29) is 24.0 Å². The lowest BCUT2D eigenvalue weighted by Crippen LogP contribution is -2.42. The van der Waals surface area contributed by atoms with E-state index < -0.39 is 0 Å². The van der Waals surface area contributed by atoms with Gasteiger partial charge in [-0.3, -0.25) is 4.99 Å². The first kappa shape index (κ1) is 20.3.